The van der Waals surface area contributed by atoms with Gasteiger partial charge in [-0.05, 0) is 56.2 Å². The summed E-state index contributed by atoms with van der Waals surface area (Å²) in [5.41, 5.74) is 1.55. The molecular formula is C30H32N6O3. The van der Waals surface area contributed by atoms with Crippen molar-refractivity contribution >= 4 is 11.3 Å². The summed E-state index contributed by atoms with van der Waals surface area (Å²) in [5.74, 6) is 1.31. The maximum Gasteiger partial charge on any atom is 0.138 e. The number of methoxy groups -OCH3 is 1. The number of benzene rings is 1. The van der Waals surface area contributed by atoms with Gasteiger partial charge in [0.1, 0.15) is 29.9 Å². The molecule has 3 aliphatic rings. The highest BCUT2D eigenvalue weighted by Crippen LogP contribution is 2.37. The number of nitrogens with zero attached hydrogens (tertiary/aromatic N) is 6. The predicted molar refractivity (Wildman–Crippen MR) is 148 cm³/mol. The standard InChI is InChI=1S/C30H32N6O3/c1-30(2,37)19-39-26-11-27(29-22(12-31)14-33-36(29)18-26)21-6-9-28(32-13-21)34-16-23-10-24(17-34)35(23)15-20-4-7-25(38-3)8-5-20/h4-9,11,13-14,18,23-24,37H,10,15-17,19H2,1-3H3/i3D3,19D2. The Hall–Kier alpha value is -4.13. The van der Waals surface area contributed by atoms with Crippen LogP contribution in [0.25, 0.3) is 16.6 Å². The number of piperazine rings is 1. The Bertz CT molecular complexity index is 1700. The molecule has 3 aromatic heterocycles. The van der Waals surface area contributed by atoms with Crippen molar-refractivity contribution in [2.75, 3.05) is 31.6 Å². The first kappa shape index (κ1) is 19.9. The number of piperidine rings is 1. The van der Waals surface area contributed by atoms with Crippen molar-refractivity contribution in [1.29, 1.82) is 5.26 Å². The summed E-state index contributed by atoms with van der Waals surface area (Å²) in [6.07, 6.45) is 5.76. The zero-order valence-electron chi connectivity index (χ0n) is 26.7. The molecule has 1 N–H and O–H groups in total. The molecule has 0 radical (unpaired) electrons. The largest absolute Gasteiger partial charge is 0.497 e. The zero-order valence-corrected chi connectivity index (χ0v) is 21.7. The Balaban J connectivity index is 1.17. The van der Waals surface area contributed by atoms with Gasteiger partial charge in [0.25, 0.3) is 0 Å². The van der Waals surface area contributed by atoms with E-state index in [0.717, 1.165) is 37.4 Å². The number of rotatable bonds is 8. The number of fused-ring (bicyclic) bond motifs is 3. The highest BCUT2D eigenvalue weighted by atomic mass is 16.5. The molecule has 9 heteroatoms. The second-order valence-electron chi connectivity index (χ2n) is 10.6. The highest BCUT2D eigenvalue weighted by Gasteiger charge is 2.44. The average Bonchev–Trinajstić information content (AvgIpc) is 3.38. The van der Waals surface area contributed by atoms with Crippen LogP contribution < -0.4 is 14.4 Å². The van der Waals surface area contributed by atoms with E-state index >= 15 is 0 Å². The van der Waals surface area contributed by atoms with Gasteiger partial charge in [-0.2, -0.15) is 10.4 Å². The molecule has 2 unspecified atom stereocenters. The molecule has 7 rings (SSSR count). The fourth-order valence-electron chi connectivity index (χ4n) is 5.38. The SMILES string of the molecule is [2H]C([2H])([2H])Oc1ccc(CN2C3CC2CN(c2ccc(-c4cc(OC([2H])([2H])C(C)(C)O)cn5ncc(C#N)c45)cn2)C3)cc1. The van der Waals surface area contributed by atoms with Crippen LogP contribution in [0.3, 0.4) is 0 Å². The van der Waals surface area contributed by atoms with Gasteiger partial charge in [-0.15, -0.1) is 0 Å². The summed E-state index contributed by atoms with van der Waals surface area (Å²) in [5, 5.41) is 24.2. The monoisotopic (exact) mass is 529 g/mol. The molecule has 39 heavy (non-hydrogen) atoms. The molecule has 2 bridgehead atoms. The summed E-state index contributed by atoms with van der Waals surface area (Å²) in [4.78, 5) is 9.48. The van der Waals surface area contributed by atoms with E-state index in [1.807, 2.05) is 24.3 Å². The van der Waals surface area contributed by atoms with Crippen molar-refractivity contribution in [2.24, 2.45) is 0 Å². The van der Waals surface area contributed by atoms with Crippen LogP contribution in [-0.4, -0.2) is 69.0 Å². The van der Waals surface area contributed by atoms with Gasteiger partial charge in [0.05, 0.1) is 43.0 Å². The smallest absolute Gasteiger partial charge is 0.138 e. The van der Waals surface area contributed by atoms with Crippen LogP contribution in [0.4, 0.5) is 5.82 Å². The van der Waals surface area contributed by atoms with E-state index in [-0.39, 0.29) is 5.75 Å². The van der Waals surface area contributed by atoms with Crippen molar-refractivity contribution in [3.05, 3.63) is 72.2 Å². The number of hydrogen-bond acceptors (Lipinski definition) is 8. The van der Waals surface area contributed by atoms with Crippen LogP contribution in [-0.2, 0) is 6.54 Å². The van der Waals surface area contributed by atoms with Gasteiger partial charge in [-0.1, -0.05) is 12.1 Å². The van der Waals surface area contributed by atoms with E-state index in [9.17, 15) is 10.4 Å². The van der Waals surface area contributed by atoms with Crippen LogP contribution in [0.5, 0.6) is 11.5 Å². The normalized spacial score (nSPS) is 21.6. The number of nitriles is 1. The highest BCUT2D eigenvalue weighted by molar-refractivity contribution is 5.85. The molecule has 4 aromatic rings. The number of anilines is 1. The van der Waals surface area contributed by atoms with Crippen molar-refractivity contribution in [2.45, 2.75) is 44.5 Å². The molecular weight excluding hydrogens is 492 g/mol. The Kier molecular flexibility index (Phi) is 5.03. The van der Waals surface area contributed by atoms with Gasteiger partial charge < -0.3 is 19.5 Å². The summed E-state index contributed by atoms with van der Waals surface area (Å²) >= 11 is 0. The summed E-state index contributed by atoms with van der Waals surface area (Å²) in [7, 11) is -2.47. The predicted octanol–water partition coefficient (Wildman–Crippen LogP) is 3.89. The van der Waals surface area contributed by atoms with E-state index in [4.69, 9.17) is 21.3 Å². The van der Waals surface area contributed by atoms with Gasteiger partial charge in [0.2, 0.25) is 0 Å². The summed E-state index contributed by atoms with van der Waals surface area (Å²) in [6, 6.07) is 15.6. The second-order valence-corrected chi connectivity index (χ2v) is 10.6. The number of aliphatic hydroxyl groups is 1. The molecule has 1 aromatic carbocycles. The third kappa shape index (κ3) is 5.01. The lowest BCUT2D eigenvalue weighted by Gasteiger charge is -2.56. The number of hydrogen-bond donors (Lipinski definition) is 1. The molecule has 3 saturated heterocycles. The molecule has 0 amide bonds. The molecule has 2 atom stereocenters. The molecule has 0 saturated carbocycles. The lowest BCUT2D eigenvalue weighted by atomic mass is 9.86. The molecule has 6 heterocycles. The molecule has 0 spiro atoms. The zero-order chi connectivity index (χ0) is 31.4. The van der Waals surface area contributed by atoms with Gasteiger partial charge in [-0.25, -0.2) is 9.50 Å². The lowest BCUT2D eigenvalue weighted by Crippen LogP contribution is -2.68. The lowest BCUT2D eigenvalue weighted by molar-refractivity contribution is -0.00868. The van der Waals surface area contributed by atoms with Crippen molar-refractivity contribution in [3.63, 3.8) is 0 Å². The van der Waals surface area contributed by atoms with Crippen molar-refractivity contribution in [3.8, 4) is 28.7 Å². The van der Waals surface area contributed by atoms with Crippen LogP contribution >= 0.6 is 0 Å². The van der Waals surface area contributed by atoms with Crippen molar-refractivity contribution in [1.82, 2.24) is 19.5 Å². The first-order valence-corrected chi connectivity index (χ1v) is 12.8. The number of pyridine rings is 2. The van der Waals surface area contributed by atoms with E-state index in [2.05, 4.69) is 21.0 Å². The maximum atomic E-state index is 10.3. The minimum absolute atomic E-state index is 0.145. The maximum absolute atomic E-state index is 10.3. The van der Waals surface area contributed by atoms with Crippen LogP contribution in [0.2, 0.25) is 0 Å². The minimum atomic E-state index is -2.47. The van der Waals surface area contributed by atoms with Gasteiger partial charge in [-0.3, -0.25) is 4.90 Å². The number of aromatic nitrogens is 3. The third-order valence-electron chi connectivity index (χ3n) is 7.26. The molecule has 3 aliphatic heterocycles. The van der Waals surface area contributed by atoms with Gasteiger partial charge in [0.15, 0.2) is 0 Å². The molecule has 9 nitrogen and oxygen atoms in total. The first-order chi connectivity index (χ1) is 20.7. The summed E-state index contributed by atoms with van der Waals surface area (Å²) in [6.45, 7) is 2.70. The van der Waals surface area contributed by atoms with Gasteiger partial charge >= 0.3 is 0 Å². The average molecular weight is 530 g/mol. The fraction of sp³-hybridized carbons (Fsp3) is 0.367. The Morgan fingerprint density at radius 1 is 1.15 bits per heavy atom. The van der Waals surface area contributed by atoms with Crippen LogP contribution in [0, 0.1) is 11.3 Å². The minimum Gasteiger partial charge on any atom is -0.497 e. The second kappa shape index (κ2) is 9.88. The quantitative estimate of drug-likeness (QED) is 0.367. The van der Waals surface area contributed by atoms with Gasteiger partial charge in [0, 0.05) is 49.0 Å². The fourth-order valence-corrected chi connectivity index (χ4v) is 5.38. The first-order valence-electron chi connectivity index (χ1n) is 15.3. The van der Waals surface area contributed by atoms with E-state index in [0.29, 0.717) is 40.0 Å². The topological polar surface area (TPSA) is 99.1 Å². The van der Waals surface area contributed by atoms with Crippen LogP contribution in [0.1, 0.15) is 38.2 Å². The third-order valence-corrected chi connectivity index (χ3v) is 7.26. The molecule has 0 aliphatic carbocycles. The van der Waals surface area contributed by atoms with Crippen LogP contribution in [0.15, 0.2) is 61.1 Å². The Labute approximate surface area is 234 Å². The van der Waals surface area contributed by atoms with E-state index < -0.39 is 19.2 Å². The summed E-state index contributed by atoms with van der Waals surface area (Å²) < 4.78 is 50.1. The van der Waals surface area contributed by atoms with E-state index in [1.54, 1.807) is 24.4 Å². The van der Waals surface area contributed by atoms with Crippen molar-refractivity contribution < 1.29 is 21.4 Å². The Morgan fingerprint density at radius 2 is 1.95 bits per heavy atom. The molecule has 3 fully saturated rings. The van der Waals surface area contributed by atoms with E-state index in [1.165, 1.54) is 30.8 Å². The Morgan fingerprint density at radius 3 is 2.62 bits per heavy atom. The molecule has 200 valence electrons. The number of ether oxygens (including phenoxy) is 2.